The number of nitrogens with one attached hydrogen (secondary N) is 1. The smallest absolute Gasteiger partial charge is 0.284 e. The third-order valence-corrected chi connectivity index (χ3v) is 4.17. The molecule has 2 aromatic rings. The summed E-state index contributed by atoms with van der Waals surface area (Å²) < 4.78 is 5.39. The molecular weight excluding hydrogens is 254 g/mol. The maximum atomic E-state index is 5.39. The van der Waals surface area contributed by atoms with Gasteiger partial charge in [-0.3, -0.25) is 0 Å². The number of aromatic amines is 1. The van der Waals surface area contributed by atoms with Gasteiger partial charge in [0.05, 0.1) is 10.7 Å². The van der Waals surface area contributed by atoms with Gasteiger partial charge < -0.3 is 4.42 Å². The lowest BCUT2D eigenvalue weighted by Gasteiger charge is -2.00. The van der Waals surface area contributed by atoms with Crippen LogP contribution in [0.15, 0.2) is 4.42 Å². The predicted molar refractivity (Wildman–Crippen MR) is 68.9 cm³/mol. The summed E-state index contributed by atoms with van der Waals surface area (Å²) in [5, 5.41) is 7.98. The summed E-state index contributed by atoms with van der Waals surface area (Å²) in [4.78, 5) is 6.07. The van der Waals surface area contributed by atoms with Gasteiger partial charge in [0.15, 0.2) is 0 Å². The monoisotopic (exact) mass is 267 g/mol. The molecular formula is C11H13N3OS2. The van der Waals surface area contributed by atoms with Gasteiger partial charge >= 0.3 is 0 Å². The average molecular weight is 267 g/mol. The van der Waals surface area contributed by atoms with Crippen LogP contribution in [0.2, 0.25) is 0 Å². The SMILES string of the molecule is CC(C)c1nc(C2CC2)sc1-c1n[nH]c(=S)o1. The van der Waals surface area contributed by atoms with E-state index in [-0.39, 0.29) is 0 Å². The molecule has 0 aromatic carbocycles. The van der Waals surface area contributed by atoms with Gasteiger partial charge in [0.1, 0.15) is 4.88 Å². The van der Waals surface area contributed by atoms with Gasteiger partial charge in [0.25, 0.3) is 10.7 Å². The van der Waals surface area contributed by atoms with E-state index in [0.29, 0.717) is 22.6 Å². The van der Waals surface area contributed by atoms with Crippen LogP contribution in [0.25, 0.3) is 10.8 Å². The van der Waals surface area contributed by atoms with E-state index < -0.39 is 0 Å². The molecule has 0 spiro atoms. The Bertz CT molecular complexity index is 592. The van der Waals surface area contributed by atoms with Gasteiger partial charge in [-0.05, 0) is 31.0 Å². The first-order valence-corrected chi connectivity index (χ1v) is 6.94. The van der Waals surface area contributed by atoms with Crippen molar-refractivity contribution < 1.29 is 4.42 Å². The predicted octanol–water partition coefficient (Wildman–Crippen LogP) is 3.86. The summed E-state index contributed by atoms with van der Waals surface area (Å²) in [7, 11) is 0. The molecule has 1 aliphatic carbocycles. The van der Waals surface area contributed by atoms with Crippen molar-refractivity contribution in [3.05, 3.63) is 15.5 Å². The van der Waals surface area contributed by atoms with Crippen molar-refractivity contribution in [2.75, 3.05) is 0 Å². The van der Waals surface area contributed by atoms with E-state index in [9.17, 15) is 0 Å². The van der Waals surface area contributed by atoms with E-state index in [4.69, 9.17) is 21.6 Å². The van der Waals surface area contributed by atoms with Gasteiger partial charge in [-0.1, -0.05) is 13.8 Å². The van der Waals surface area contributed by atoms with Crippen LogP contribution in [-0.2, 0) is 0 Å². The van der Waals surface area contributed by atoms with Crippen LogP contribution in [0.4, 0.5) is 0 Å². The zero-order valence-electron chi connectivity index (χ0n) is 9.69. The summed E-state index contributed by atoms with van der Waals surface area (Å²) in [5.41, 5.74) is 1.07. The second kappa shape index (κ2) is 4.03. The highest BCUT2D eigenvalue weighted by molar-refractivity contribution is 7.71. The normalized spacial score (nSPS) is 15.7. The van der Waals surface area contributed by atoms with Gasteiger partial charge in [-0.2, -0.15) is 0 Å². The Labute approximate surface area is 108 Å². The van der Waals surface area contributed by atoms with Crippen molar-refractivity contribution in [3.63, 3.8) is 0 Å². The number of H-pyrrole nitrogens is 1. The zero-order valence-corrected chi connectivity index (χ0v) is 11.3. The van der Waals surface area contributed by atoms with Crippen LogP contribution in [-0.4, -0.2) is 15.2 Å². The number of thiazole rings is 1. The van der Waals surface area contributed by atoms with Crippen LogP contribution in [0.1, 0.15) is 49.2 Å². The highest BCUT2D eigenvalue weighted by Crippen LogP contribution is 2.45. The fourth-order valence-corrected chi connectivity index (χ4v) is 3.17. The molecule has 2 aromatic heterocycles. The lowest BCUT2D eigenvalue weighted by Crippen LogP contribution is -1.91. The maximum Gasteiger partial charge on any atom is 0.284 e. The number of aromatic nitrogens is 3. The number of rotatable bonds is 3. The van der Waals surface area contributed by atoms with Gasteiger partial charge in [-0.15, -0.1) is 16.4 Å². The number of hydrogen-bond donors (Lipinski definition) is 1. The van der Waals surface area contributed by atoms with Crippen molar-refractivity contribution in [3.8, 4) is 10.8 Å². The Kier molecular flexibility index (Phi) is 2.63. The molecule has 1 aliphatic rings. The van der Waals surface area contributed by atoms with Crippen molar-refractivity contribution >= 4 is 23.6 Å². The van der Waals surface area contributed by atoms with Crippen LogP contribution in [0, 0.1) is 4.84 Å². The Morgan fingerprint density at radius 3 is 2.76 bits per heavy atom. The molecule has 0 bridgehead atoms. The summed E-state index contributed by atoms with van der Waals surface area (Å²) in [5.74, 6) is 1.60. The molecule has 0 radical (unpaired) electrons. The molecule has 6 heteroatoms. The highest BCUT2D eigenvalue weighted by Gasteiger charge is 2.30. The maximum absolute atomic E-state index is 5.39. The van der Waals surface area contributed by atoms with Gasteiger partial charge in [-0.25, -0.2) is 10.1 Å². The van der Waals surface area contributed by atoms with Crippen molar-refractivity contribution in [2.45, 2.75) is 38.5 Å². The van der Waals surface area contributed by atoms with Crippen LogP contribution in [0.5, 0.6) is 0 Å². The molecule has 1 saturated carbocycles. The van der Waals surface area contributed by atoms with E-state index in [0.717, 1.165) is 10.6 Å². The minimum absolute atomic E-state index is 0.316. The summed E-state index contributed by atoms with van der Waals surface area (Å²) in [6.07, 6.45) is 2.52. The van der Waals surface area contributed by atoms with Gasteiger partial charge in [0.2, 0.25) is 0 Å². The average Bonchev–Trinajstić information content (AvgIpc) is 2.88. The summed E-state index contributed by atoms with van der Waals surface area (Å²) in [6, 6.07) is 0. The lowest BCUT2D eigenvalue weighted by molar-refractivity contribution is 0.552. The molecule has 1 fully saturated rings. The molecule has 0 unspecified atom stereocenters. The third-order valence-electron chi connectivity index (χ3n) is 2.78. The first-order valence-electron chi connectivity index (χ1n) is 5.71. The fraction of sp³-hybridized carbons (Fsp3) is 0.545. The molecule has 0 atom stereocenters. The van der Waals surface area contributed by atoms with E-state index in [1.165, 1.54) is 17.8 Å². The minimum Gasteiger partial charge on any atom is -0.408 e. The first-order chi connectivity index (χ1) is 8.15. The first kappa shape index (κ1) is 11.1. The fourth-order valence-electron chi connectivity index (χ4n) is 1.73. The Morgan fingerprint density at radius 2 is 2.24 bits per heavy atom. The number of nitrogens with zero attached hydrogens (tertiary/aromatic N) is 2. The zero-order chi connectivity index (χ0) is 12.0. The van der Waals surface area contributed by atoms with E-state index in [1.807, 2.05) is 0 Å². The van der Waals surface area contributed by atoms with Gasteiger partial charge in [0, 0.05) is 5.92 Å². The number of hydrogen-bond acceptors (Lipinski definition) is 5. The van der Waals surface area contributed by atoms with Crippen molar-refractivity contribution in [1.29, 1.82) is 0 Å². The Morgan fingerprint density at radius 1 is 1.47 bits per heavy atom. The molecule has 17 heavy (non-hydrogen) atoms. The summed E-state index contributed by atoms with van der Waals surface area (Å²) in [6.45, 7) is 4.27. The molecule has 3 rings (SSSR count). The quantitative estimate of drug-likeness (QED) is 0.858. The van der Waals surface area contributed by atoms with E-state index >= 15 is 0 Å². The molecule has 0 amide bonds. The molecule has 90 valence electrons. The van der Waals surface area contributed by atoms with E-state index in [1.54, 1.807) is 11.3 Å². The van der Waals surface area contributed by atoms with Crippen molar-refractivity contribution in [1.82, 2.24) is 15.2 Å². The molecule has 0 aliphatic heterocycles. The minimum atomic E-state index is 0.316. The Balaban J connectivity index is 2.10. The molecule has 0 saturated heterocycles. The highest BCUT2D eigenvalue weighted by atomic mass is 32.1. The Hall–Kier alpha value is -1.01. The van der Waals surface area contributed by atoms with Crippen LogP contribution < -0.4 is 0 Å². The third kappa shape index (κ3) is 2.07. The van der Waals surface area contributed by atoms with Crippen LogP contribution >= 0.6 is 23.6 Å². The molecule has 1 N–H and O–H groups in total. The lowest BCUT2D eigenvalue weighted by atomic mass is 10.1. The van der Waals surface area contributed by atoms with Crippen LogP contribution in [0.3, 0.4) is 0 Å². The largest absolute Gasteiger partial charge is 0.408 e. The molecule has 2 heterocycles. The summed E-state index contributed by atoms with van der Waals surface area (Å²) >= 11 is 6.60. The standard InChI is InChI=1S/C11H13N3OS2/c1-5(2)7-8(9-13-14-11(16)15-9)17-10(12-7)6-3-4-6/h5-6H,3-4H2,1-2H3,(H,14,16). The molecule has 4 nitrogen and oxygen atoms in total. The van der Waals surface area contributed by atoms with E-state index in [2.05, 4.69) is 24.0 Å². The van der Waals surface area contributed by atoms with Crippen molar-refractivity contribution in [2.24, 2.45) is 0 Å². The topological polar surface area (TPSA) is 54.7 Å². The second-order valence-electron chi connectivity index (χ2n) is 4.61. The second-order valence-corrected chi connectivity index (χ2v) is 6.02.